The normalized spacial score (nSPS) is 33.3. The van der Waals surface area contributed by atoms with E-state index in [0.29, 0.717) is 12.0 Å². The Bertz CT molecular complexity index is 504. The second-order valence-corrected chi connectivity index (χ2v) is 8.72. The molecule has 3 fully saturated rings. The highest BCUT2D eigenvalue weighted by molar-refractivity contribution is 5.82. The lowest BCUT2D eigenvalue weighted by Gasteiger charge is -2.34. The van der Waals surface area contributed by atoms with Gasteiger partial charge in [0.1, 0.15) is 0 Å². The maximum atomic E-state index is 12.6. The van der Waals surface area contributed by atoms with Gasteiger partial charge in [-0.05, 0) is 84.5 Å². The molecular formula is C20H36N4O2. The van der Waals surface area contributed by atoms with Gasteiger partial charge in [-0.3, -0.25) is 19.4 Å². The van der Waals surface area contributed by atoms with Crippen LogP contribution in [0.15, 0.2) is 0 Å². The number of rotatable bonds is 5. The second-order valence-electron chi connectivity index (χ2n) is 8.72. The van der Waals surface area contributed by atoms with E-state index in [1.165, 1.54) is 0 Å². The monoisotopic (exact) mass is 364 g/mol. The molecule has 0 radical (unpaired) electrons. The van der Waals surface area contributed by atoms with Gasteiger partial charge in [0.05, 0.1) is 12.1 Å². The van der Waals surface area contributed by atoms with E-state index in [2.05, 4.69) is 22.2 Å². The highest BCUT2D eigenvalue weighted by Crippen LogP contribution is 2.26. The Hall–Kier alpha value is -1.14. The first-order valence-electron chi connectivity index (χ1n) is 10.4. The van der Waals surface area contributed by atoms with E-state index in [9.17, 15) is 9.59 Å². The summed E-state index contributed by atoms with van der Waals surface area (Å²) >= 11 is 0. The molecular weight excluding hydrogens is 328 g/mol. The molecule has 3 aliphatic rings. The molecule has 0 bridgehead atoms. The number of likely N-dealkylation sites (tertiary alicyclic amines) is 2. The van der Waals surface area contributed by atoms with E-state index < -0.39 is 0 Å². The van der Waals surface area contributed by atoms with Crippen LogP contribution in [-0.2, 0) is 9.59 Å². The van der Waals surface area contributed by atoms with Crippen molar-refractivity contribution in [1.82, 2.24) is 20.0 Å². The summed E-state index contributed by atoms with van der Waals surface area (Å²) in [6.07, 6.45) is 8.51. The molecule has 2 atom stereocenters. The molecule has 1 aliphatic carbocycles. The smallest absolute Gasteiger partial charge is 0.239 e. The zero-order valence-electron chi connectivity index (χ0n) is 16.7. The van der Waals surface area contributed by atoms with Crippen molar-refractivity contribution < 1.29 is 9.59 Å². The lowest BCUT2D eigenvalue weighted by atomic mass is 9.85. The highest BCUT2D eigenvalue weighted by atomic mass is 16.2. The van der Waals surface area contributed by atoms with Crippen molar-refractivity contribution in [2.75, 3.05) is 40.8 Å². The Labute approximate surface area is 158 Å². The fourth-order valence-electron chi connectivity index (χ4n) is 4.98. The molecule has 3 rings (SSSR count). The lowest BCUT2D eigenvalue weighted by Crippen LogP contribution is -2.48. The molecule has 2 aliphatic heterocycles. The van der Waals surface area contributed by atoms with Crippen molar-refractivity contribution >= 4 is 11.8 Å². The van der Waals surface area contributed by atoms with Crippen LogP contribution < -0.4 is 5.32 Å². The third-order valence-corrected chi connectivity index (χ3v) is 6.73. The first-order chi connectivity index (χ1) is 12.5. The first-order valence-corrected chi connectivity index (χ1v) is 10.4. The van der Waals surface area contributed by atoms with Crippen molar-refractivity contribution in [1.29, 1.82) is 0 Å². The van der Waals surface area contributed by atoms with E-state index in [1.807, 2.05) is 19.0 Å². The van der Waals surface area contributed by atoms with Crippen molar-refractivity contribution in [3.8, 4) is 0 Å². The molecule has 2 heterocycles. The van der Waals surface area contributed by atoms with Crippen LogP contribution >= 0.6 is 0 Å². The Balaban J connectivity index is 1.39. The summed E-state index contributed by atoms with van der Waals surface area (Å²) in [6, 6.07) is 0.466. The minimum absolute atomic E-state index is 0.0693. The van der Waals surface area contributed by atoms with Gasteiger partial charge in [-0.2, -0.15) is 0 Å². The Morgan fingerprint density at radius 2 is 1.50 bits per heavy atom. The standard InChI is InChI=1S/C20H36N4O2/c1-22-12-4-6-17(22)19(25)21-16-10-8-15(9-11-16)14-24(3)20(26)18-7-5-13-23(18)2/h15-18H,4-14H2,1-3H3,(H,21,25). The van der Waals surface area contributed by atoms with Crippen molar-refractivity contribution in [2.24, 2.45) is 5.92 Å². The zero-order valence-corrected chi connectivity index (χ0v) is 16.7. The number of carbonyl (C=O) groups excluding carboxylic acids is 2. The summed E-state index contributed by atoms with van der Waals surface area (Å²) in [5.41, 5.74) is 0. The third-order valence-electron chi connectivity index (χ3n) is 6.73. The van der Waals surface area contributed by atoms with Gasteiger partial charge >= 0.3 is 0 Å². The predicted molar refractivity (Wildman–Crippen MR) is 103 cm³/mol. The summed E-state index contributed by atoms with van der Waals surface area (Å²) in [4.78, 5) is 31.4. The minimum Gasteiger partial charge on any atom is -0.352 e. The maximum Gasteiger partial charge on any atom is 0.239 e. The van der Waals surface area contributed by atoms with Gasteiger partial charge in [0, 0.05) is 19.6 Å². The molecule has 6 nitrogen and oxygen atoms in total. The number of amides is 2. The van der Waals surface area contributed by atoms with Crippen molar-refractivity contribution in [3.63, 3.8) is 0 Å². The van der Waals surface area contributed by atoms with E-state index >= 15 is 0 Å². The molecule has 148 valence electrons. The molecule has 2 unspecified atom stereocenters. The van der Waals surface area contributed by atoms with Gasteiger partial charge in [-0.1, -0.05) is 0 Å². The van der Waals surface area contributed by atoms with Crippen LogP contribution in [0.5, 0.6) is 0 Å². The van der Waals surface area contributed by atoms with Gasteiger partial charge in [0.2, 0.25) is 11.8 Å². The molecule has 2 amide bonds. The molecule has 0 aromatic rings. The lowest BCUT2D eigenvalue weighted by molar-refractivity contribution is -0.134. The summed E-state index contributed by atoms with van der Waals surface area (Å²) in [7, 11) is 6.06. The van der Waals surface area contributed by atoms with Gasteiger partial charge in [-0.15, -0.1) is 0 Å². The average molecular weight is 365 g/mol. The molecule has 1 N–H and O–H groups in total. The number of hydrogen-bond donors (Lipinski definition) is 1. The van der Waals surface area contributed by atoms with Crippen LogP contribution in [-0.4, -0.2) is 85.4 Å². The van der Waals surface area contributed by atoms with Gasteiger partial charge in [-0.25, -0.2) is 0 Å². The Morgan fingerprint density at radius 3 is 2.04 bits per heavy atom. The Morgan fingerprint density at radius 1 is 0.923 bits per heavy atom. The summed E-state index contributed by atoms with van der Waals surface area (Å²) in [5.74, 6) is 1.06. The van der Waals surface area contributed by atoms with E-state index in [4.69, 9.17) is 0 Å². The van der Waals surface area contributed by atoms with Gasteiger partial charge in [0.15, 0.2) is 0 Å². The van der Waals surface area contributed by atoms with Crippen LogP contribution in [0.1, 0.15) is 51.4 Å². The number of carbonyl (C=O) groups is 2. The highest BCUT2D eigenvalue weighted by Gasteiger charge is 2.33. The van der Waals surface area contributed by atoms with Crippen LogP contribution in [0, 0.1) is 5.92 Å². The summed E-state index contributed by atoms with van der Waals surface area (Å²) in [6.45, 7) is 2.92. The number of nitrogens with one attached hydrogen (secondary N) is 1. The minimum atomic E-state index is 0.0693. The predicted octanol–water partition coefficient (Wildman–Crippen LogP) is 1.31. The topological polar surface area (TPSA) is 55.9 Å². The zero-order chi connectivity index (χ0) is 18.7. The van der Waals surface area contributed by atoms with E-state index in [-0.39, 0.29) is 23.9 Å². The second kappa shape index (κ2) is 8.70. The van der Waals surface area contributed by atoms with Gasteiger partial charge in [0.25, 0.3) is 0 Å². The summed E-state index contributed by atoms with van der Waals surface area (Å²) in [5, 5.41) is 3.27. The van der Waals surface area contributed by atoms with Crippen LogP contribution in [0.3, 0.4) is 0 Å². The number of hydrogen-bond acceptors (Lipinski definition) is 4. The molecule has 26 heavy (non-hydrogen) atoms. The first kappa shape index (κ1) is 19.6. The SMILES string of the molecule is CN(CC1CCC(NC(=O)C2CCCN2C)CC1)C(=O)C1CCCN1C. The molecule has 6 heteroatoms. The van der Waals surface area contributed by atoms with Crippen LogP contribution in [0.4, 0.5) is 0 Å². The molecule has 0 aromatic heterocycles. The molecule has 0 aromatic carbocycles. The van der Waals surface area contributed by atoms with Crippen molar-refractivity contribution in [3.05, 3.63) is 0 Å². The quantitative estimate of drug-likeness (QED) is 0.799. The van der Waals surface area contributed by atoms with Crippen LogP contribution in [0.2, 0.25) is 0 Å². The molecule has 0 spiro atoms. The third kappa shape index (κ3) is 4.58. The Kier molecular flexibility index (Phi) is 6.56. The van der Waals surface area contributed by atoms with Crippen molar-refractivity contribution in [2.45, 2.75) is 69.5 Å². The van der Waals surface area contributed by atoms with Gasteiger partial charge < -0.3 is 10.2 Å². The summed E-state index contributed by atoms with van der Waals surface area (Å²) < 4.78 is 0. The number of likely N-dealkylation sites (N-methyl/N-ethyl adjacent to an activating group) is 3. The number of nitrogens with zero attached hydrogens (tertiary/aromatic N) is 3. The van der Waals surface area contributed by atoms with Crippen LogP contribution in [0.25, 0.3) is 0 Å². The largest absolute Gasteiger partial charge is 0.352 e. The fraction of sp³-hybridized carbons (Fsp3) is 0.900. The maximum absolute atomic E-state index is 12.6. The molecule has 2 saturated heterocycles. The van der Waals surface area contributed by atoms with E-state index in [1.54, 1.807) is 0 Å². The molecule has 1 saturated carbocycles. The average Bonchev–Trinajstić information content (AvgIpc) is 3.24. The fourth-order valence-corrected chi connectivity index (χ4v) is 4.98. The van der Waals surface area contributed by atoms with E-state index in [0.717, 1.165) is 71.0 Å².